The van der Waals surface area contributed by atoms with Crippen molar-refractivity contribution in [3.05, 3.63) is 20.8 Å². The largest absolute Gasteiger partial charge is 0.278 e. The molecule has 4 nitrogen and oxygen atoms in total. The van der Waals surface area contributed by atoms with Crippen LogP contribution >= 0.6 is 11.3 Å². The molecule has 0 bridgehead atoms. The van der Waals surface area contributed by atoms with Crippen molar-refractivity contribution in [2.45, 2.75) is 53.5 Å². The number of aryl methyl sites for hydroxylation is 2. The summed E-state index contributed by atoms with van der Waals surface area (Å²) in [5, 5.41) is 9.07. The van der Waals surface area contributed by atoms with E-state index in [2.05, 4.69) is 31.1 Å². The van der Waals surface area contributed by atoms with E-state index in [1.54, 1.807) is 11.3 Å². The van der Waals surface area contributed by atoms with E-state index in [1.807, 2.05) is 6.92 Å². The molecule has 0 radical (unpaired) electrons. The van der Waals surface area contributed by atoms with Gasteiger partial charge in [0, 0.05) is 11.4 Å². The van der Waals surface area contributed by atoms with Crippen LogP contribution in [0.1, 0.15) is 44.6 Å². The standard InChI is InChI=1S/C15H21N3OS/c1-5-18-14(19)12-10-7-6-9(15(2,3)4)8-11(10)20-13(12)16-17-18/h9H,5-8H2,1-4H3/t9-/m0/s1. The van der Waals surface area contributed by atoms with Crippen molar-refractivity contribution in [1.82, 2.24) is 15.0 Å². The molecule has 0 spiro atoms. The van der Waals surface area contributed by atoms with Crippen LogP contribution in [0.5, 0.6) is 0 Å². The lowest BCUT2D eigenvalue weighted by molar-refractivity contribution is 0.218. The van der Waals surface area contributed by atoms with Crippen molar-refractivity contribution in [3.63, 3.8) is 0 Å². The first-order valence-electron chi connectivity index (χ1n) is 7.30. The van der Waals surface area contributed by atoms with Gasteiger partial charge in [0.2, 0.25) is 0 Å². The molecular formula is C15H21N3OS. The van der Waals surface area contributed by atoms with Gasteiger partial charge in [-0.1, -0.05) is 26.0 Å². The van der Waals surface area contributed by atoms with Crippen LogP contribution in [0.3, 0.4) is 0 Å². The predicted octanol–water partition coefficient (Wildman–Crippen LogP) is 3.02. The van der Waals surface area contributed by atoms with Crippen LogP contribution in [0.4, 0.5) is 0 Å². The van der Waals surface area contributed by atoms with E-state index in [-0.39, 0.29) is 5.56 Å². The number of thiophene rings is 1. The monoisotopic (exact) mass is 291 g/mol. The van der Waals surface area contributed by atoms with Crippen molar-refractivity contribution in [3.8, 4) is 0 Å². The number of nitrogens with zero attached hydrogens (tertiary/aromatic N) is 3. The summed E-state index contributed by atoms with van der Waals surface area (Å²) in [7, 11) is 0. The zero-order chi connectivity index (χ0) is 14.5. The Hall–Kier alpha value is -1.23. The van der Waals surface area contributed by atoms with E-state index in [0.29, 0.717) is 17.9 Å². The Balaban J connectivity index is 2.13. The molecule has 2 aromatic rings. The Morgan fingerprint density at radius 1 is 1.40 bits per heavy atom. The number of rotatable bonds is 1. The van der Waals surface area contributed by atoms with Crippen LogP contribution in [0, 0.1) is 11.3 Å². The number of fused-ring (bicyclic) bond motifs is 3. The minimum Gasteiger partial charge on any atom is -0.267 e. The molecule has 0 saturated heterocycles. The summed E-state index contributed by atoms with van der Waals surface area (Å²) < 4.78 is 1.46. The summed E-state index contributed by atoms with van der Waals surface area (Å²) in [4.78, 5) is 14.6. The van der Waals surface area contributed by atoms with Gasteiger partial charge in [-0.2, -0.15) is 0 Å². The fraction of sp³-hybridized carbons (Fsp3) is 0.667. The molecule has 2 heterocycles. The third kappa shape index (κ3) is 2.08. The van der Waals surface area contributed by atoms with Crippen LogP contribution in [0.25, 0.3) is 10.2 Å². The highest BCUT2D eigenvalue weighted by Crippen LogP contribution is 2.41. The quantitative estimate of drug-likeness (QED) is 0.811. The minimum absolute atomic E-state index is 0.0317. The normalized spacial score (nSPS) is 19.3. The van der Waals surface area contributed by atoms with E-state index < -0.39 is 0 Å². The minimum atomic E-state index is 0.0317. The summed E-state index contributed by atoms with van der Waals surface area (Å²) in [6.07, 6.45) is 3.24. The maximum absolute atomic E-state index is 12.4. The summed E-state index contributed by atoms with van der Waals surface area (Å²) in [6, 6.07) is 0. The van der Waals surface area contributed by atoms with E-state index >= 15 is 0 Å². The molecule has 0 N–H and O–H groups in total. The summed E-state index contributed by atoms with van der Waals surface area (Å²) in [5.41, 5.74) is 1.60. The molecular weight excluding hydrogens is 270 g/mol. The highest BCUT2D eigenvalue weighted by Gasteiger charge is 2.31. The summed E-state index contributed by atoms with van der Waals surface area (Å²) in [6.45, 7) is 9.42. The first kappa shape index (κ1) is 13.7. The van der Waals surface area contributed by atoms with Crippen molar-refractivity contribution < 1.29 is 0 Å². The van der Waals surface area contributed by atoms with Gasteiger partial charge in [0.25, 0.3) is 5.56 Å². The summed E-state index contributed by atoms with van der Waals surface area (Å²) in [5.74, 6) is 0.685. The Kier molecular flexibility index (Phi) is 3.20. The van der Waals surface area contributed by atoms with Crippen molar-refractivity contribution in [2.75, 3.05) is 0 Å². The second kappa shape index (κ2) is 4.65. The second-order valence-electron chi connectivity index (χ2n) is 6.70. The average Bonchev–Trinajstić information content (AvgIpc) is 2.76. The van der Waals surface area contributed by atoms with Crippen LogP contribution < -0.4 is 5.56 Å². The number of aromatic nitrogens is 3. The van der Waals surface area contributed by atoms with E-state index in [9.17, 15) is 4.79 Å². The van der Waals surface area contributed by atoms with Gasteiger partial charge >= 0.3 is 0 Å². The van der Waals surface area contributed by atoms with Gasteiger partial charge in [0.1, 0.15) is 0 Å². The maximum atomic E-state index is 12.4. The molecule has 1 aliphatic carbocycles. The van der Waals surface area contributed by atoms with Gasteiger partial charge in [-0.15, -0.1) is 16.4 Å². The molecule has 108 valence electrons. The zero-order valence-corrected chi connectivity index (χ0v) is 13.4. The maximum Gasteiger partial charge on any atom is 0.278 e. The zero-order valence-electron chi connectivity index (χ0n) is 12.6. The lowest BCUT2D eigenvalue weighted by atomic mass is 9.72. The smallest absolute Gasteiger partial charge is 0.267 e. The molecule has 0 unspecified atom stereocenters. The molecule has 0 saturated carbocycles. The SMILES string of the molecule is CCn1nnc2sc3c(c2c1=O)CC[C@H](C(C)(C)C)C3. The Morgan fingerprint density at radius 2 is 2.15 bits per heavy atom. The van der Waals surface area contributed by atoms with Gasteiger partial charge in [-0.05, 0) is 43.1 Å². The highest BCUT2D eigenvalue weighted by atomic mass is 32.1. The van der Waals surface area contributed by atoms with Crippen molar-refractivity contribution >= 4 is 21.6 Å². The molecule has 0 amide bonds. The predicted molar refractivity (Wildman–Crippen MR) is 82.3 cm³/mol. The fourth-order valence-electron chi connectivity index (χ4n) is 3.07. The van der Waals surface area contributed by atoms with Gasteiger partial charge in [0.05, 0.1) is 5.39 Å². The van der Waals surface area contributed by atoms with Crippen LogP contribution in [-0.2, 0) is 19.4 Å². The third-order valence-electron chi connectivity index (χ3n) is 4.46. The molecule has 0 aliphatic heterocycles. The lowest BCUT2D eigenvalue weighted by Crippen LogP contribution is -2.27. The Morgan fingerprint density at radius 3 is 2.80 bits per heavy atom. The van der Waals surface area contributed by atoms with Crippen molar-refractivity contribution in [1.29, 1.82) is 0 Å². The lowest BCUT2D eigenvalue weighted by Gasteiger charge is -2.33. The van der Waals surface area contributed by atoms with Gasteiger partial charge in [-0.3, -0.25) is 4.79 Å². The first-order chi connectivity index (χ1) is 9.41. The average molecular weight is 291 g/mol. The first-order valence-corrected chi connectivity index (χ1v) is 8.11. The molecule has 5 heteroatoms. The Bertz CT molecular complexity index is 708. The van der Waals surface area contributed by atoms with Gasteiger partial charge in [-0.25, -0.2) is 4.68 Å². The molecule has 0 fully saturated rings. The molecule has 1 atom stereocenters. The topological polar surface area (TPSA) is 47.8 Å². The third-order valence-corrected chi connectivity index (χ3v) is 5.60. The molecule has 2 aromatic heterocycles. The van der Waals surface area contributed by atoms with E-state index in [1.165, 1.54) is 15.1 Å². The second-order valence-corrected chi connectivity index (χ2v) is 7.78. The van der Waals surface area contributed by atoms with Gasteiger partial charge in [0.15, 0.2) is 4.83 Å². The summed E-state index contributed by atoms with van der Waals surface area (Å²) >= 11 is 1.67. The molecule has 3 rings (SSSR count). The molecule has 0 aromatic carbocycles. The number of hydrogen-bond donors (Lipinski definition) is 0. The fourth-order valence-corrected chi connectivity index (χ4v) is 4.31. The number of hydrogen-bond acceptors (Lipinski definition) is 4. The van der Waals surface area contributed by atoms with E-state index in [4.69, 9.17) is 0 Å². The van der Waals surface area contributed by atoms with Crippen LogP contribution in [-0.4, -0.2) is 15.0 Å². The van der Waals surface area contributed by atoms with E-state index in [0.717, 1.165) is 29.5 Å². The van der Waals surface area contributed by atoms with Crippen LogP contribution in [0.2, 0.25) is 0 Å². The molecule has 1 aliphatic rings. The van der Waals surface area contributed by atoms with Gasteiger partial charge < -0.3 is 0 Å². The Labute approximate surface area is 122 Å². The molecule has 20 heavy (non-hydrogen) atoms. The highest BCUT2D eigenvalue weighted by molar-refractivity contribution is 7.18. The van der Waals surface area contributed by atoms with Crippen LogP contribution in [0.15, 0.2) is 4.79 Å². The van der Waals surface area contributed by atoms with Crippen molar-refractivity contribution in [2.24, 2.45) is 11.3 Å².